The molecule has 0 aliphatic carbocycles. The number of methoxy groups -OCH3 is 1. The number of aromatic amines is 1. The fraction of sp³-hybridized carbons (Fsp3) is 0.276. The molecule has 1 aliphatic heterocycles. The largest absolute Gasteiger partial charge is 0.465 e. The van der Waals surface area contributed by atoms with Gasteiger partial charge in [0.05, 0.1) is 12.7 Å². The quantitative estimate of drug-likeness (QED) is 0.363. The van der Waals surface area contributed by atoms with Crippen LogP contribution in [0.1, 0.15) is 42.3 Å². The second-order valence-electron chi connectivity index (χ2n) is 10.0. The van der Waals surface area contributed by atoms with Crippen molar-refractivity contribution in [3.63, 3.8) is 0 Å². The molecule has 2 aromatic carbocycles. The minimum atomic E-state index is -0.520. The molecule has 7 nitrogen and oxygen atoms in total. The lowest BCUT2D eigenvalue weighted by molar-refractivity contribution is 0.0224. The number of pyridine rings is 1. The number of rotatable bonds is 3. The number of nitrogens with zero attached hydrogens (tertiary/aromatic N) is 2. The lowest BCUT2D eigenvalue weighted by Gasteiger charge is -2.31. The number of ether oxygens (including phenoxy) is 2. The Kier molecular flexibility index (Phi) is 6.00. The summed E-state index contributed by atoms with van der Waals surface area (Å²) >= 11 is 0. The SMILES string of the molecule is COC(=O)c1ccc(-c2c[nH]c3ncc(-c4ccc5c(c4)CN(C(=O)OC(C)(C)C)CC5)cc23)cc1. The summed E-state index contributed by atoms with van der Waals surface area (Å²) in [5.74, 6) is -0.359. The molecular weight excluding hydrogens is 454 g/mol. The lowest BCUT2D eigenvalue weighted by Crippen LogP contribution is -2.39. The Hall–Kier alpha value is -4.13. The topological polar surface area (TPSA) is 84.5 Å². The van der Waals surface area contributed by atoms with Crippen molar-refractivity contribution < 1.29 is 19.1 Å². The average molecular weight is 484 g/mol. The summed E-state index contributed by atoms with van der Waals surface area (Å²) in [5.41, 5.74) is 7.17. The van der Waals surface area contributed by atoms with Crippen LogP contribution in [-0.2, 0) is 22.4 Å². The van der Waals surface area contributed by atoms with Gasteiger partial charge in [-0.3, -0.25) is 0 Å². The standard InChI is InChI=1S/C29H29N3O4/c1-29(2,3)36-28(34)32-12-11-18-5-10-21(13-23(18)17-32)22-14-24-25(16-31-26(24)30-15-22)19-6-8-20(9-7-19)27(33)35-4/h5-10,13-16H,11-12,17H2,1-4H3,(H,30,31). The van der Waals surface area contributed by atoms with Gasteiger partial charge in [-0.05, 0) is 73.7 Å². The van der Waals surface area contributed by atoms with Gasteiger partial charge in [-0.15, -0.1) is 0 Å². The molecule has 4 aromatic rings. The first-order valence-corrected chi connectivity index (χ1v) is 12.0. The molecule has 2 aromatic heterocycles. The number of esters is 1. The van der Waals surface area contributed by atoms with E-state index >= 15 is 0 Å². The number of benzene rings is 2. The number of fused-ring (bicyclic) bond motifs is 2. The Morgan fingerprint density at radius 3 is 2.44 bits per heavy atom. The third-order valence-corrected chi connectivity index (χ3v) is 6.35. The number of H-pyrrole nitrogens is 1. The molecule has 1 N–H and O–H groups in total. The van der Waals surface area contributed by atoms with E-state index in [0.29, 0.717) is 18.7 Å². The molecule has 5 rings (SSSR count). The van der Waals surface area contributed by atoms with Gasteiger partial charge in [0.15, 0.2) is 0 Å². The number of aromatic nitrogens is 2. The maximum atomic E-state index is 12.6. The Morgan fingerprint density at radius 2 is 1.72 bits per heavy atom. The molecule has 3 heterocycles. The first-order chi connectivity index (χ1) is 17.2. The van der Waals surface area contributed by atoms with Crippen molar-refractivity contribution in [2.75, 3.05) is 13.7 Å². The summed E-state index contributed by atoms with van der Waals surface area (Å²) in [6.45, 7) is 6.82. The summed E-state index contributed by atoms with van der Waals surface area (Å²) in [6.07, 6.45) is 4.31. The van der Waals surface area contributed by atoms with Crippen molar-refractivity contribution in [1.82, 2.24) is 14.9 Å². The van der Waals surface area contributed by atoms with Gasteiger partial charge in [-0.2, -0.15) is 0 Å². The minimum Gasteiger partial charge on any atom is -0.465 e. The van der Waals surface area contributed by atoms with Gasteiger partial charge in [0.2, 0.25) is 0 Å². The molecule has 0 fully saturated rings. The van der Waals surface area contributed by atoms with Crippen LogP contribution in [0.4, 0.5) is 4.79 Å². The van der Waals surface area contributed by atoms with Crippen LogP contribution in [0.25, 0.3) is 33.3 Å². The monoisotopic (exact) mass is 483 g/mol. The van der Waals surface area contributed by atoms with E-state index in [4.69, 9.17) is 9.47 Å². The van der Waals surface area contributed by atoms with E-state index in [9.17, 15) is 9.59 Å². The van der Waals surface area contributed by atoms with Gasteiger partial charge < -0.3 is 19.4 Å². The van der Waals surface area contributed by atoms with Gasteiger partial charge in [0.25, 0.3) is 0 Å². The van der Waals surface area contributed by atoms with Crippen LogP contribution in [0.3, 0.4) is 0 Å². The Bertz CT molecular complexity index is 1450. The molecular formula is C29H29N3O4. The second-order valence-corrected chi connectivity index (χ2v) is 10.0. The Morgan fingerprint density at radius 1 is 0.972 bits per heavy atom. The highest BCUT2D eigenvalue weighted by Crippen LogP contribution is 2.33. The highest BCUT2D eigenvalue weighted by atomic mass is 16.6. The average Bonchev–Trinajstić information content (AvgIpc) is 3.30. The minimum absolute atomic E-state index is 0.281. The molecule has 0 spiro atoms. The fourth-order valence-corrected chi connectivity index (χ4v) is 4.52. The van der Waals surface area contributed by atoms with E-state index in [0.717, 1.165) is 45.3 Å². The summed E-state index contributed by atoms with van der Waals surface area (Å²) in [7, 11) is 1.37. The highest BCUT2D eigenvalue weighted by Gasteiger charge is 2.26. The van der Waals surface area contributed by atoms with E-state index in [1.165, 1.54) is 12.7 Å². The van der Waals surface area contributed by atoms with Crippen LogP contribution in [0.5, 0.6) is 0 Å². The molecule has 0 saturated heterocycles. The van der Waals surface area contributed by atoms with Crippen LogP contribution in [0.15, 0.2) is 60.9 Å². The molecule has 0 bridgehead atoms. The first-order valence-electron chi connectivity index (χ1n) is 12.0. The lowest BCUT2D eigenvalue weighted by atomic mass is 9.94. The first kappa shape index (κ1) is 23.6. The summed E-state index contributed by atoms with van der Waals surface area (Å²) in [4.78, 5) is 34.0. The molecule has 1 amide bonds. The summed E-state index contributed by atoms with van der Waals surface area (Å²) < 4.78 is 10.4. The van der Waals surface area contributed by atoms with Crippen LogP contribution in [0.2, 0.25) is 0 Å². The molecule has 1 aliphatic rings. The normalized spacial score (nSPS) is 13.4. The highest BCUT2D eigenvalue weighted by molar-refractivity contribution is 5.97. The summed E-state index contributed by atoms with van der Waals surface area (Å²) in [5, 5.41) is 0.992. The van der Waals surface area contributed by atoms with E-state index in [2.05, 4.69) is 34.2 Å². The Balaban J connectivity index is 1.44. The predicted octanol–water partition coefficient (Wildman–Crippen LogP) is 5.98. The van der Waals surface area contributed by atoms with Crippen LogP contribution < -0.4 is 0 Å². The third kappa shape index (κ3) is 4.69. The molecule has 0 unspecified atom stereocenters. The molecule has 36 heavy (non-hydrogen) atoms. The van der Waals surface area contributed by atoms with Gasteiger partial charge in [-0.25, -0.2) is 14.6 Å². The van der Waals surface area contributed by atoms with E-state index in [1.54, 1.807) is 17.0 Å². The van der Waals surface area contributed by atoms with E-state index < -0.39 is 5.60 Å². The summed E-state index contributed by atoms with van der Waals surface area (Å²) in [6, 6.07) is 15.9. The smallest absolute Gasteiger partial charge is 0.410 e. The van der Waals surface area contributed by atoms with Crippen LogP contribution in [-0.4, -0.2) is 46.2 Å². The van der Waals surface area contributed by atoms with E-state index in [-0.39, 0.29) is 12.1 Å². The van der Waals surface area contributed by atoms with Gasteiger partial charge in [-0.1, -0.05) is 24.3 Å². The van der Waals surface area contributed by atoms with Crippen molar-refractivity contribution in [2.45, 2.75) is 39.3 Å². The number of hydrogen-bond donors (Lipinski definition) is 1. The number of hydrogen-bond acceptors (Lipinski definition) is 5. The zero-order chi connectivity index (χ0) is 25.4. The van der Waals surface area contributed by atoms with Gasteiger partial charge >= 0.3 is 12.1 Å². The third-order valence-electron chi connectivity index (χ3n) is 6.35. The molecule has 0 radical (unpaired) electrons. The number of nitrogens with one attached hydrogen (secondary N) is 1. The van der Waals surface area contributed by atoms with Crippen molar-refractivity contribution in [2.24, 2.45) is 0 Å². The zero-order valence-corrected chi connectivity index (χ0v) is 20.9. The number of carbonyl (C=O) groups is 2. The van der Waals surface area contributed by atoms with Crippen LogP contribution >= 0.6 is 0 Å². The molecule has 184 valence electrons. The van der Waals surface area contributed by atoms with Gasteiger partial charge in [0, 0.05) is 42.0 Å². The van der Waals surface area contributed by atoms with Crippen molar-refractivity contribution in [1.29, 1.82) is 0 Å². The maximum absolute atomic E-state index is 12.6. The Labute approximate surface area is 210 Å². The molecule has 0 saturated carbocycles. The van der Waals surface area contributed by atoms with Crippen molar-refractivity contribution in [3.8, 4) is 22.3 Å². The number of amides is 1. The number of carbonyl (C=O) groups excluding carboxylic acids is 2. The molecule has 0 atom stereocenters. The zero-order valence-electron chi connectivity index (χ0n) is 20.9. The second kappa shape index (κ2) is 9.15. The predicted molar refractivity (Wildman–Crippen MR) is 139 cm³/mol. The molecule has 7 heteroatoms. The van der Waals surface area contributed by atoms with E-state index in [1.807, 2.05) is 45.3 Å². The maximum Gasteiger partial charge on any atom is 0.410 e. The van der Waals surface area contributed by atoms with Gasteiger partial charge in [0.1, 0.15) is 11.2 Å². The van der Waals surface area contributed by atoms with Crippen molar-refractivity contribution in [3.05, 3.63) is 77.6 Å². The fourth-order valence-electron chi connectivity index (χ4n) is 4.52. The van der Waals surface area contributed by atoms with Crippen molar-refractivity contribution >= 4 is 23.1 Å². The van der Waals surface area contributed by atoms with Crippen LogP contribution in [0, 0.1) is 0 Å².